The number of aliphatic hydroxyl groups is 1. The Kier molecular flexibility index (Phi) is 3.67. The molecule has 2 aromatic carbocycles. The molecule has 31 heavy (non-hydrogen) atoms. The second kappa shape index (κ2) is 5.97. The molecule has 5 nitrogen and oxygen atoms in total. The lowest BCUT2D eigenvalue weighted by Gasteiger charge is -2.41. The fourth-order valence-corrected chi connectivity index (χ4v) is 5.93. The van der Waals surface area contributed by atoms with Gasteiger partial charge >= 0.3 is 5.97 Å². The number of carboxylic acid groups (broad SMARTS) is 1. The Hall–Kier alpha value is -2.67. The first-order valence-electron chi connectivity index (χ1n) is 9.71. The minimum atomic E-state index is -1.75. The summed E-state index contributed by atoms with van der Waals surface area (Å²) in [5.41, 5.74) is -2.42. The first kappa shape index (κ1) is 19.0. The molecule has 3 aromatic rings. The smallest absolute Gasteiger partial charge is 0.318 e. The van der Waals surface area contributed by atoms with Crippen molar-refractivity contribution in [3.8, 4) is 5.75 Å². The average Bonchev–Trinajstić information content (AvgIpc) is 3.40. The van der Waals surface area contributed by atoms with Gasteiger partial charge in [-0.25, -0.2) is 0 Å². The number of hydrogen-bond donors (Lipinski definition) is 2. The minimum Gasteiger partial charge on any atom is -0.480 e. The Morgan fingerprint density at radius 1 is 1.13 bits per heavy atom. The number of hydrogen-bond acceptors (Lipinski definition) is 4. The van der Waals surface area contributed by atoms with Gasteiger partial charge in [0.2, 0.25) is 0 Å². The van der Waals surface area contributed by atoms with Crippen LogP contribution in [0.15, 0.2) is 83.0 Å². The highest BCUT2D eigenvalue weighted by atomic mass is 79.9. The van der Waals surface area contributed by atoms with Crippen molar-refractivity contribution in [2.24, 2.45) is 5.41 Å². The zero-order chi connectivity index (χ0) is 21.6. The number of halogens is 2. The van der Waals surface area contributed by atoms with Crippen molar-refractivity contribution in [3.63, 3.8) is 0 Å². The maximum Gasteiger partial charge on any atom is 0.318 e. The van der Waals surface area contributed by atoms with Gasteiger partial charge in [-0.15, -0.1) is 0 Å². The van der Waals surface area contributed by atoms with Crippen molar-refractivity contribution >= 4 is 33.5 Å². The largest absolute Gasteiger partial charge is 0.480 e. The molecule has 1 saturated carbocycles. The molecule has 2 aliphatic carbocycles. The molecule has 0 saturated heterocycles. The maximum absolute atomic E-state index is 12.6. The molecule has 0 unspecified atom stereocenters. The number of ether oxygens (including phenoxy) is 1. The number of nitrogens with zero attached hydrogens (tertiary/aromatic N) is 1. The predicted molar refractivity (Wildman–Crippen MR) is 117 cm³/mol. The van der Waals surface area contributed by atoms with Gasteiger partial charge in [-0.3, -0.25) is 9.78 Å². The highest BCUT2D eigenvalue weighted by Gasteiger charge is 2.86. The summed E-state index contributed by atoms with van der Waals surface area (Å²) >= 11 is 9.63. The molecule has 1 fully saturated rings. The van der Waals surface area contributed by atoms with Crippen molar-refractivity contribution in [2.45, 2.75) is 17.1 Å². The molecule has 0 amide bonds. The first-order valence-corrected chi connectivity index (χ1v) is 10.9. The van der Waals surface area contributed by atoms with E-state index in [4.69, 9.17) is 16.3 Å². The lowest BCUT2D eigenvalue weighted by molar-refractivity contribution is -0.145. The van der Waals surface area contributed by atoms with Gasteiger partial charge in [-0.1, -0.05) is 76.1 Å². The van der Waals surface area contributed by atoms with E-state index in [9.17, 15) is 15.0 Å². The molecule has 154 valence electrons. The second-order valence-corrected chi connectivity index (χ2v) is 9.48. The lowest BCUT2D eigenvalue weighted by Crippen LogP contribution is -2.50. The van der Waals surface area contributed by atoms with Gasteiger partial charge in [0.15, 0.2) is 11.2 Å². The van der Waals surface area contributed by atoms with Crippen molar-refractivity contribution in [1.82, 2.24) is 4.98 Å². The summed E-state index contributed by atoms with van der Waals surface area (Å²) in [6.45, 7) is 0. The van der Waals surface area contributed by atoms with E-state index >= 15 is 0 Å². The van der Waals surface area contributed by atoms with Gasteiger partial charge in [0.05, 0.1) is 10.9 Å². The number of pyridine rings is 1. The molecule has 0 bridgehead atoms. The van der Waals surface area contributed by atoms with Crippen LogP contribution in [0.25, 0.3) is 0 Å². The summed E-state index contributed by atoms with van der Waals surface area (Å²) in [4.78, 5) is 17.1. The number of carboxylic acids is 1. The number of benzene rings is 2. The standard InChI is InChI=1S/C24H15BrClNO4/c25-15-8-6-14(7-9-15)24-19(13-4-2-1-3-5-13)22(21(28)29)11-18(22)23(24,30)20-17(31-24)10-16(26)12-27-20/h1-12,19,30H,(H,28,29)/t19-,22+,23-,24+/m1/s1. The predicted octanol–water partition coefficient (Wildman–Crippen LogP) is 4.78. The van der Waals surface area contributed by atoms with Crippen LogP contribution in [0, 0.1) is 5.41 Å². The molecule has 6 rings (SSSR count). The quantitative estimate of drug-likeness (QED) is 0.510. The topological polar surface area (TPSA) is 79.7 Å². The van der Waals surface area contributed by atoms with Gasteiger partial charge in [0, 0.05) is 16.7 Å². The zero-order valence-electron chi connectivity index (χ0n) is 15.9. The minimum absolute atomic E-state index is 0.285. The normalized spacial score (nSPS) is 31.8. The van der Waals surface area contributed by atoms with Crippen LogP contribution in [0.3, 0.4) is 0 Å². The van der Waals surface area contributed by atoms with E-state index in [0.29, 0.717) is 21.9 Å². The number of rotatable bonds is 3. The number of aliphatic carboxylic acids is 1. The lowest BCUT2D eigenvalue weighted by atomic mass is 9.68. The van der Waals surface area contributed by atoms with Crippen LogP contribution in [0.1, 0.15) is 22.7 Å². The van der Waals surface area contributed by atoms with Gasteiger partial charge < -0.3 is 14.9 Å². The molecular formula is C24H15BrClNO4. The summed E-state index contributed by atoms with van der Waals surface area (Å²) in [6.07, 6.45) is 3.08. The summed E-state index contributed by atoms with van der Waals surface area (Å²) in [7, 11) is 0. The second-order valence-electron chi connectivity index (χ2n) is 8.13. The Morgan fingerprint density at radius 2 is 1.84 bits per heavy atom. The molecule has 0 spiro atoms. The molecule has 1 aliphatic heterocycles. The third-order valence-electron chi connectivity index (χ3n) is 6.72. The van der Waals surface area contributed by atoms with Gasteiger partial charge in [-0.05, 0) is 28.8 Å². The van der Waals surface area contributed by atoms with Gasteiger partial charge in [0.1, 0.15) is 16.9 Å². The number of fused-ring (bicyclic) bond motifs is 5. The fraction of sp³-hybridized carbons (Fsp3) is 0.167. The molecule has 0 radical (unpaired) electrons. The summed E-state index contributed by atoms with van der Waals surface area (Å²) in [5.74, 6) is -1.38. The van der Waals surface area contributed by atoms with Crippen LogP contribution >= 0.6 is 27.5 Å². The van der Waals surface area contributed by atoms with Crippen molar-refractivity contribution in [3.05, 3.63) is 105 Å². The molecule has 3 aliphatic rings. The van der Waals surface area contributed by atoms with Crippen LogP contribution in [-0.4, -0.2) is 21.2 Å². The Balaban J connectivity index is 1.72. The van der Waals surface area contributed by atoms with E-state index in [1.807, 2.05) is 54.6 Å². The Morgan fingerprint density at radius 3 is 2.52 bits per heavy atom. The first-order chi connectivity index (χ1) is 14.9. The van der Waals surface area contributed by atoms with Crippen molar-refractivity contribution in [1.29, 1.82) is 0 Å². The Bertz CT molecular complexity index is 1290. The molecule has 2 N–H and O–H groups in total. The molecule has 4 atom stereocenters. The Labute approximate surface area is 191 Å². The van der Waals surface area contributed by atoms with Gasteiger partial charge in [-0.2, -0.15) is 0 Å². The highest BCUT2D eigenvalue weighted by Crippen LogP contribution is 2.80. The third kappa shape index (κ3) is 2.10. The summed E-state index contributed by atoms with van der Waals surface area (Å²) in [5, 5.41) is 23.0. The van der Waals surface area contributed by atoms with Crippen LogP contribution in [0.2, 0.25) is 5.02 Å². The van der Waals surface area contributed by atoms with E-state index in [0.717, 1.165) is 10.0 Å². The molecule has 7 heteroatoms. The number of aromatic nitrogens is 1. The van der Waals surface area contributed by atoms with E-state index < -0.39 is 28.5 Å². The molecule has 1 aromatic heterocycles. The van der Waals surface area contributed by atoms with Gasteiger partial charge in [0.25, 0.3) is 0 Å². The maximum atomic E-state index is 12.6. The number of carbonyl (C=O) groups is 1. The van der Waals surface area contributed by atoms with Crippen molar-refractivity contribution < 1.29 is 19.7 Å². The van der Waals surface area contributed by atoms with Crippen LogP contribution in [0.4, 0.5) is 0 Å². The monoisotopic (exact) mass is 495 g/mol. The summed E-state index contributed by atoms with van der Waals surface area (Å²) < 4.78 is 7.42. The zero-order valence-corrected chi connectivity index (χ0v) is 18.3. The van der Waals surface area contributed by atoms with E-state index in [1.165, 1.54) is 6.20 Å². The molecular weight excluding hydrogens is 482 g/mol. The van der Waals surface area contributed by atoms with E-state index in [-0.39, 0.29) is 5.69 Å². The van der Waals surface area contributed by atoms with Crippen LogP contribution < -0.4 is 4.74 Å². The van der Waals surface area contributed by atoms with Crippen LogP contribution in [0.5, 0.6) is 5.75 Å². The highest BCUT2D eigenvalue weighted by molar-refractivity contribution is 9.10. The van der Waals surface area contributed by atoms with E-state index in [2.05, 4.69) is 20.9 Å². The SMILES string of the molecule is O=C(O)[C@@]12C=C1[C@@]1(O)c3ncc(Cl)cc3O[C@@]1(c1ccc(Br)cc1)[C@@H]2c1ccccc1. The van der Waals surface area contributed by atoms with Crippen molar-refractivity contribution in [2.75, 3.05) is 0 Å². The summed E-state index contributed by atoms with van der Waals surface area (Å²) in [6, 6.07) is 18.4. The average molecular weight is 497 g/mol. The van der Waals surface area contributed by atoms with E-state index in [1.54, 1.807) is 12.1 Å². The van der Waals surface area contributed by atoms with Crippen LogP contribution in [-0.2, 0) is 16.0 Å². The fourth-order valence-electron chi connectivity index (χ4n) is 5.52. The molecule has 2 heterocycles. The third-order valence-corrected chi connectivity index (χ3v) is 7.45.